The van der Waals surface area contributed by atoms with Gasteiger partial charge < -0.3 is 14.2 Å². The summed E-state index contributed by atoms with van der Waals surface area (Å²) in [4.78, 5) is 34.5. The molecule has 1 aliphatic rings. The fourth-order valence-electron chi connectivity index (χ4n) is 2.63. The topological polar surface area (TPSA) is 105 Å². The molecule has 0 N–H and O–H groups in total. The average molecular weight is 389 g/mol. The van der Waals surface area contributed by atoms with E-state index in [-0.39, 0.29) is 17.0 Å². The third-order valence-corrected chi connectivity index (χ3v) is 4.04. The third-order valence-electron chi connectivity index (χ3n) is 3.61. The fraction of sp³-hybridized carbons (Fsp3) is 0.500. The number of carbonyl (C=O) groups is 2. The van der Waals surface area contributed by atoms with Crippen molar-refractivity contribution in [3.05, 3.63) is 16.8 Å². The minimum atomic E-state index is -0.608. The zero-order chi connectivity index (χ0) is 18.1. The molecule has 0 amide bonds. The first-order chi connectivity index (χ1) is 11.8. The van der Waals surface area contributed by atoms with Crippen molar-refractivity contribution < 1.29 is 23.8 Å². The van der Waals surface area contributed by atoms with E-state index in [2.05, 4.69) is 15.0 Å². The highest BCUT2D eigenvalue weighted by Crippen LogP contribution is 2.34. The summed E-state index contributed by atoms with van der Waals surface area (Å²) in [5, 5.41) is 0.102. The molecule has 9 nitrogen and oxygen atoms in total. The van der Waals surface area contributed by atoms with Crippen LogP contribution in [0.2, 0.25) is 10.4 Å². The van der Waals surface area contributed by atoms with E-state index < -0.39 is 30.4 Å². The number of hydrogen-bond acceptors (Lipinski definition) is 8. The molecule has 3 rings (SSSR count). The van der Waals surface area contributed by atoms with E-state index in [1.807, 2.05) is 0 Å². The second-order valence-electron chi connectivity index (χ2n) is 5.42. The van der Waals surface area contributed by atoms with Gasteiger partial charge in [-0.25, -0.2) is 9.97 Å². The van der Waals surface area contributed by atoms with Gasteiger partial charge in [-0.2, -0.15) is 4.98 Å². The van der Waals surface area contributed by atoms with Crippen LogP contribution < -0.4 is 0 Å². The van der Waals surface area contributed by atoms with Gasteiger partial charge in [0.2, 0.25) is 5.28 Å². The molecule has 0 saturated carbocycles. The maximum Gasteiger partial charge on any atom is 0.303 e. The normalized spacial score (nSPS) is 23.0. The van der Waals surface area contributed by atoms with Gasteiger partial charge in [-0.1, -0.05) is 11.6 Å². The molecule has 0 unspecified atom stereocenters. The Labute approximate surface area is 152 Å². The molecule has 0 radical (unpaired) electrons. The SMILES string of the molecule is CC(=O)OC[C@@H]1O[C@@H](n2cnc3c(Cl)nc(Cl)nc32)C[C@@H]1OC(C)=O. The van der Waals surface area contributed by atoms with E-state index in [4.69, 9.17) is 37.4 Å². The van der Waals surface area contributed by atoms with Gasteiger partial charge in [0, 0.05) is 20.3 Å². The summed E-state index contributed by atoms with van der Waals surface area (Å²) in [6.07, 6.45) is 0.0913. The van der Waals surface area contributed by atoms with Crippen LogP contribution in [0.15, 0.2) is 6.33 Å². The van der Waals surface area contributed by atoms with Crippen LogP contribution in [0.1, 0.15) is 26.5 Å². The van der Waals surface area contributed by atoms with Crippen LogP contribution in [0, 0.1) is 0 Å². The maximum atomic E-state index is 11.3. The standard InChI is InChI=1S/C14H14Cl2N4O5/c1-6(21)23-4-9-8(24-7(2)22)3-10(25-9)20-5-17-11-12(15)18-14(16)19-13(11)20/h5,8-10H,3-4H2,1-2H3/t8-,9-,10+/m0/s1. The van der Waals surface area contributed by atoms with E-state index in [9.17, 15) is 9.59 Å². The second kappa shape index (κ2) is 7.11. The lowest BCUT2D eigenvalue weighted by atomic mass is 10.2. The predicted octanol–water partition coefficient (Wildman–Crippen LogP) is 1.92. The molecule has 1 aliphatic heterocycles. The minimum absolute atomic E-state index is 0.0229. The number of rotatable bonds is 4. The summed E-state index contributed by atoms with van der Waals surface area (Å²) in [6.45, 7) is 2.56. The van der Waals surface area contributed by atoms with Crippen LogP contribution in [-0.2, 0) is 23.8 Å². The van der Waals surface area contributed by atoms with E-state index in [0.717, 1.165) is 0 Å². The van der Waals surface area contributed by atoms with Crippen molar-refractivity contribution in [3.8, 4) is 0 Å². The number of aromatic nitrogens is 4. The van der Waals surface area contributed by atoms with Crippen molar-refractivity contribution in [2.24, 2.45) is 0 Å². The van der Waals surface area contributed by atoms with E-state index in [0.29, 0.717) is 17.6 Å². The van der Waals surface area contributed by atoms with Crippen molar-refractivity contribution in [2.45, 2.75) is 38.7 Å². The number of carbonyl (C=O) groups excluding carboxylic acids is 2. The van der Waals surface area contributed by atoms with Gasteiger partial charge in [0.25, 0.3) is 0 Å². The molecule has 11 heteroatoms. The van der Waals surface area contributed by atoms with Gasteiger partial charge in [0.05, 0.1) is 6.33 Å². The molecule has 0 bridgehead atoms. The molecule has 0 aliphatic carbocycles. The Morgan fingerprint density at radius 2 is 2.08 bits per heavy atom. The van der Waals surface area contributed by atoms with Crippen molar-refractivity contribution in [1.82, 2.24) is 19.5 Å². The Morgan fingerprint density at radius 1 is 1.32 bits per heavy atom. The molecule has 134 valence electrons. The molecular formula is C14H14Cl2N4O5. The number of ether oxygens (including phenoxy) is 3. The Balaban J connectivity index is 1.87. The van der Waals surface area contributed by atoms with Crippen LogP contribution >= 0.6 is 23.2 Å². The van der Waals surface area contributed by atoms with Crippen LogP contribution in [0.3, 0.4) is 0 Å². The maximum absolute atomic E-state index is 11.3. The smallest absolute Gasteiger partial charge is 0.303 e. The van der Waals surface area contributed by atoms with E-state index in [1.165, 1.54) is 20.2 Å². The molecule has 0 spiro atoms. The minimum Gasteiger partial charge on any atom is -0.463 e. The number of esters is 2. The number of fused-ring (bicyclic) bond motifs is 1. The summed E-state index contributed by atoms with van der Waals surface area (Å²) < 4.78 is 17.8. The first-order valence-corrected chi connectivity index (χ1v) is 8.12. The van der Waals surface area contributed by atoms with Gasteiger partial charge >= 0.3 is 11.9 Å². The van der Waals surface area contributed by atoms with Gasteiger partial charge in [0.1, 0.15) is 30.6 Å². The Kier molecular flexibility index (Phi) is 5.07. The zero-order valence-electron chi connectivity index (χ0n) is 13.3. The monoisotopic (exact) mass is 388 g/mol. The lowest BCUT2D eigenvalue weighted by Crippen LogP contribution is -2.31. The highest BCUT2D eigenvalue weighted by atomic mass is 35.5. The van der Waals surface area contributed by atoms with Gasteiger partial charge in [0.15, 0.2) is 10.8 Å². The summed E-state index contributed by atoms with van der Waals surface area (Å²) in [6, 6.07) is 0. The summed E-state index contributed by atoms with van der Waals surface area (Å²) >= 11 is 11.9. The van der Waals surface area contributed by atoms with Crippen molar-refractivity contribution in [1.29, 1.82) is 0 Å². The fourth-order valence-corrected chi connectivity index (χ4v) is 3.05. The second-order valence-corrected chi connectivity index (χ2v) is 6.12. The Bertz CT molecular complexity index is 827. The molecular weight excluding hydrogens is 375 g/mol. The van der Waals surface area contributed by atoms with Crippen molar-refractivity contribution >= 4 is 46.3 Å². The van der Waals surface area contributed by atoms with Gasteiger partial charge in [-0.05, 0) is 11.6 Å². The van der Waals surface area contributed by atoms with E-state index in [1.54, 1.807) is 4.57 Å². The first-order valence-electron chi connectivity index (χ1n) is 7.36. The summed E-state index contributed by atoms with van der Waals surface area (Å²) in [5.74, 6) is -0.904. The van der Waals surface area contributed by atoms with Crippen molar-refractivity contribution in [2.75, 3.05) is 6.61 Å². The first kappa shape index (κ1) is 17.8. The molecule has 3 heterocycles. The number of halogens is 2. The molecule has 1 fully saturated rings. The van der Waals surface area contributed by atoms with Gasteiger partial charge in [-0.15, -0.1) is 0 Å². The number of nitrogens with zero attached hydrogens (tertiary/aromatic N) is 4. The lowest BCUT2D eigenvalue weighted by Gasteiger charge is -2.17. The Hall–Kier alpha value is -1.97. The average Bonchev–Trinajstić information content (AvgIpc) is 3.08. The van der Waals surface area contributed by atoms with Gasteiger partial charge in [-0.3, -0.25) is 14.2 Å². The van der Waals surface area contributed by atoms with Crippen molar-refractivity contribution in [3.63, 3.8) is 0 Å². The molecule has 25 heavy (non-hydrogen) atoms. The quantitative estimate of drug-likeness (QED) is 0.444. The zero-order valence-corrected chi connectivity index (χ0v) is 14.8. The number of hydrogen-bond donors (Lipinski definition) is 0. The molecule has 0 aromatic carbocycles. The Morgan fingerprint density at radius 3 is 2.76 bits per heavy atom. The predicted molar refractivity (Wildman–Crippen MR) is 86.1 cm³/mol. The highest BCUT2D eigenvalue weighted by molar-refractivity contribution is 6.35. The molecule has 3 atom stereocenters. The highest BCUT2D eigenvalue weighted by Gasteiger charge is 2.40. The lowest BCUT2D eigenvalue weighted by molar-refractivity contribution is -0.155. The largest absolute Gasteiger partial charge is 0.463 e. The van der Waals surface area contributed by atoms with Crippen LogP contribution in [0.25, 0.3) is 11.2 Å². The molecule has 2 aromatic rings. The summed E-state index contributed by atoms with van der Waals surface area (Å²) in [7, 11) is 0. The molecule has 2 aromatic heterocycles. The van der Waals surface area contributed by atoms with Crippen LogP contribution in [0.4, 0.5) is 0 Å². The third kappa shape index (κ3) is 3.83. The van der Waals surface area contributed by atoms with Crippen LogP contribution in [-0.4, -0.2) is 50.3 Å². The molecule has 1 saturated heterocycles. The van der Waals surface area contributed by atoms with E-state index >= 15 is 0 Å². The van der Waals surface area contributed by atoms with Crippen LogP contribution in [0.5, 0.6) is 0 Å². The summed E-state index contributed by atoms with van der Waals surface area (Å²) in [5.41, 5.74) is 0.770. The number of imidazole rings is 1.